The van der Waals surface area contributed by atoms with Crippen molar-refractivity contribution >= 4 is 11.4 Å². The van der Waals surface area contributed by atoms with Gasteiger partial charge >= 0.3 is 0 Å². The number of nitrogens with one attached hydrogen (secondary N) is 2. The Morgan fingerprint density at radius 2 is 0.477 bits per heavy atom. The van der Waals surface area contributed by atoms with E-state index in [-0.39, 0.29) is 17.9 Å². The summed E-state index contributed by atoms with van der Waals surface area (Å²) in [5, 5.41) is 229. The van der Waals surface area contributed by atoms with Crippen molar-refractivity contribution in [3.63, 3.8) is 0 Å². The van der Waals surface area contributed by atoms with E-state index in [2.05, 4.69) is 10.6 Å². The predicted molar refractivity (Wildman–Crippen MR) is 275 cm³/mol. The lowest BCUT2D eigenvalue weighted by molar-refractivity contribution is -0.396. The standard InChI is InChI=1S/C50H80N2O36/c1-2-3-4-51-19-20(22(60)21(19)59)52-5-12-37-23(61)30(68)44(75-12)83-38-13(6-53)77-46(32(70)25(38)63)85-40-15(8-55)79-48(34(72)27(40)65)87-42-17(10-57)81-50(36(74)29(42)67)88-43-18(11-58)80-49(35(73)28(43)66)86-41-16(9-56)78-47(33(71)26(41)64)84-39-14(7-54)76-45(82-37)31(69)24(39)62/h12-18,23-58,61-74H,2-11H2,1H3. The van der Waals surface area contributed by atoms with Gasteiger partial charge in [0.2, 0.25) is 0 Å². The number of anilines is 2. The van der Waals surface area contributed by atoms with Gasteiger partial charge in [-0.3, -0.25) is 9.59 Å². The average molecular weight is 1290 g/mol. The Hall–Kier alpha value is -2.68. The molecule has 21 heterocycles. The molecule has 21 saturated heterocycles. The van der Waals surface area contributed by atoms with Crippen LogP contribution in [-0.4, -0.2) is 370 Å². The number of aliphatic hydroxyl groups excluding tert-OH is 20. The van der Waals surface area contributed by atoms with E-state index in [1.54, 1.807) is 0 Å². The minimum absolute atomic E-state index is 0.121. The predicted octanol–water partition coefficient (Wildman–Crippen LogP) is -14.3. The highest BCUT2D eigenvalue weighted by Gasteiger charge is 2.59. The summed E-state index contributed by atoms with van der Waals surface area (Å²) in [5.74, 6) is 0. The molecule has 0 saturated carbocycles. The van der Waals surface area contributed by atoms with Crippen LogP contribution in [-0.2, 0) is 66.3 Å². The molecule has 21 fully saturated rings. The van der Waals surface area contributed by atoms with Crippen LogP contribution in [0.3, 0.4) is 0 Å². The quantitative estimate of drug-likeness (QED) is 0.0644. The van der Waals surface area contributed by atoms with E-state index < -0.39 is 272 Å². The molecule has 14 bridgehead atoms. The van der Waals surface area contributed by atoms with E-state index >= 15 is 0 Å². The Morgan fingerprint density at radius 1 is 0.284 bits per heavy atom. The zero-order valence-electron chi connectivity index (χ0n) is 46.8. The minimum Gasteiger partial charge on any atom is -0.394 e. The van der Waals surface area contributed by atoms with E-state index in [1.165, 1.54) is 0 Å². The largest absolute Gasteiger partial charge is 0.394 e. The number of hydrogen-bond donors (Lipinski definition) is 22. The highest BCUT2D eigenvalue weighted by Crippen LogP contribution is 2.39. The van der Waals surface area contributed by atoms with Crippen LogP contribution < -0.4 is 21.5 Å². The van der Waals surface area contributed by atoms with E-state index in [9.17, 15) is 112 Å². The van der Waals surface area contributed by atoms with Gasteiger partial charge in [-0.1, -0.05) is 13.3 Å². The van der Waals surface area contributed by atoms with Gasteiger partial charge in [0, 0.05) is 13.1 Å². The Morgan fingerprint density at radius 3 is 0.682 bits per heavy atom. The third-order valence-corrected chi connectivity index (χ3v) is 16.8. The SMILES string of the molecule is CCCCNc1c(NCC2OC3OC4C(CO)OC(OC5C(CO)OC(OC6C(CO)OC(OC7C(CO)OC(OC8C(CO)OC(OC9C(CO)OC(OC2C(O)C3O)C(O)C9O)C(O)C8O)C(O)C7O)C(O)C6O)C(O)C5O)C(O)C4O)c(=O)c1=O. The van der Waals surface area contributed by atoms with Crippen LogP contribution >= 0.6 is 0 Å². The third-order valence-electron chi connectivity index (χ3n) is 16.8. The van der Waals surface area contributed by atoms with Crippen molar-refractivity contribution in [2.75, 3.05) is 63.4 Å². The molecular formula is C50H80N2O36. The summed E-state index contributed by atoms with van der Waals surface area (Å²) in [6, 6.07) is 0. The molecule has 38 nitrogen and oxygen atoms in total. The summed E-state index contributed by atoms with van der Waals surface area (Å²) in [5.41, 5.74) is -2.24. The fourth-order valence-electron chi connectivity index (χ4n) is 11.8. The molecule has 22 N–H and O–H groups in total. The van der Waals surface area contributed by atoms with Crippen LogP contribution in [0.25, 0.3) is 0 Å². The summed E-state index contributed by atoms with van der Waals surface area (Å²) < 4.78 is 81.1. The molecule has 0 amide bonds. The highest BCUT2D eigenvalue weighted by molar-refractivity contribution is 5.74. The second-order valence-corrected chi connectivity index (χ2v) is 22.5. The van der Waals surface area contributed by atoms with Gasteiger partial charge < -0.3 is 179 Å². The third kappa shape index (κ3) is 13.7. The lowest BCUT2D eigenvalue weighted by Gasteiger charge is -2.50. The first kappa shape index (κ1) is 69.7. The van der Waals surface area contributed by atoms with Crippen LogP contribution in [0.4, 0.5) is 11.4 Å². The summed E-state index contributed by atoms with van der Waals surface area (Å²) in [6.07, 6.45) is -70.4. The van der Waals surface area contributed by atoms with Gasteiger partial charge in [-0.15, -0.1) is 0 Å². The molecule has 38 heteroatoms. The maximum Gasteiger partial charge on any atom is 0.253 e. The number of unbranched alkanes of at least 4 members (excludes halogenated alkanes) is 1. The van der Waals surface area contributed by atoms with E-state index in [4.69, 9.17) is 66.3 Å². The molecule has 0 radical (unpaired) electrons. The first-order valence-corrected chi connectivity index (χ1v) is 28.6. The molecule has 0 aromatic heterocycles. The number of rotatable bonds is 13. The molecular weight excluding hydrogens is 1200 g/mol. The van der Waals surface area contributed by atoms with Gasteiger partial charge in [-0.25, -0.2) is 0 Å². The maximum atomic E-state index is 12.9. The monoisotopic (exact) mass is 1280 g/mol. The van der Waals surface area contributed by atoms with Crippen molar-refractivity contribution in [1.29, 1.82) is 0 Å². The first-order valence-electron chi connectivity index (χ1n) is 28.6. The van der Waals surface area contributed by atoms with E-state index in [0.717, 1.165) is 0 Å². The Balaban J connectivity index is 1.02. The van der Waals surface area contributed by atoms with Gasteiger partial charge in [0.05, 0.1) is 39.6 Å². The molecule has 0 spiro atoms. The van der Waals surface area contributed by atoms with E-state index in [1.807, 2.05) is 6.92 Å². The number of aliphatic hydroxyl groups is 20. The van der Waals surface area contributed by atoms with Gasteiger partial charge in [0.1, 0.15) is 182 Å². The van der Waals surface area contributed by atoms with Crippen molar-refractivity contribution in [3.8, 4) is 0 Å². The summed E-state index contributed by atoms with van der Waals surface area (Å²) >= 11 is 0. The first-order chi connectivity index (χ1) is 42.0. The lowest BCUT2D eigenvalue weighted by atomic mass is 9.95. The summed E-state index contributed by atoms with van der Waals surface area (Å²) in [4.78, 5) is 25.5. The van der Waals surface area contributed by atoms with E-state index in [0.29, 0.717) is 12.8 Å². The Labute approximate surface area is 497 Å². The number of ether oxygens (including phenoxy) is 14. The fourth-order valence-corrected chi connectivity index (χ4v) is 11.8. The molecule has 22 rings (SSSR count). The second kappa shape index (κ2) is 29.7. The highest BCUT2D eigenvalue weighted by atomic mass is 16.8. The van der Waals surface area contributed by atoms with Gasteiger partial charge in [0.15, 0.2) is 44.0 Å². The van der Waals surface area contributed by atoms with Crippen molar-refractivity contribution in [3.05, 3.63) is 20.4 Å². The molecule has 0 aliphatic carbocycles. The molecule has 506 valence electrons. The molecule has 1 aromatic rings. The number of hydrogen-bond acceptors (Lipinski definition) is 38. The Kier molecular flexibility index (Phi) is 23.5. The lowest BCUT2D eigenvalue weighted by Crippen LogP contribution is -2.68. The van der Waals surface area contributed by atoms with Crippen molar-refractivity contribution < 1.29 is 168 Å². The van der Waals surface area contributed by atoms with Crippen LogP contribution in [0.15, 0.2) is 9.59 Å². The maximum absolute atomic E-state index is 12.9. The fraction of sp³-hybridized carbons (Fsp3) is 0.920. The van der Waals surface area contributed by atoms with Crippen LogP contribution in [0.5, 0.6) is 0 Å². The molecule has 1 aromatic carbocycles. The van der Waals surface area contributed by atoms with Crippen molar-refractivity contribution in [2.24, 2.45) is 0 Å². The minimum atomic E-state index is -2.28. The van der Waals surface area contributed by atoms with Crippen LogP contribution in [0.2, 0.25) is 0 Å². The van der Waals surface area contributed by atoms with Crippen LogP contribution in [0, 0.1) is 0 Å². The second-order valence-electron chi connectivity index (χ2n) is 22.5. The van der Waals surface area contributed by atoms with Crippen molar-refractivity contribution in [2.45, 2.75) is 235 Å². The molecule has 35 atom stereocenters. The molecule has 35 unspecified atom stereocenters. The van der Waals surface area contributed by atoms with Crippen molar-refractivity contribution in [1.82, 2.24) is 0 Å². The summed E-state index contributed by atoms with van der Waals surface area (Å²) in [7, 11) is 0. The average Bonchev–Trinajstić information content (AvgIpc) is 2.82. The Bertz CT molecular complexity index is 2420. The zero-order valence-corrected chi connectivity index (χ0v) is 46.8. The van der Waals surface area contributed by atoms with Gasteiger partial charge in [-0.05, 0) is 6.42 Å². The smallest absolute Gasteiger partial charge is 0.253 e. The van der Waals surface area contributed by atoms with Crippen LogP contribution in [0.1, 0.15) is 19.8 Å². The molecule has 88 heavy (non-hydrogen) atoms. The topological polar surface area (TPSA) is 592 Å². The summed E-state index contributed by atoms with van der Waals surface area (Å²) in [6.45, 7) is -4.95. The van der Waals surface area contributed by atoms with Gasteiger partial charge in [0.25, 0.3) is 10.9 Å². The molecule has 21 aliphatic heterocycles. The molecule has 21 aliphatic rings. The van der Waals surface area contributed by atoms with Gasteiger partial charge in [-0.2, -0.15) is 0 Å². The normalized spacial score (nSPS) is 49.9. The zero-order chi connectivity index (χ0) is 63.9.